The van der Waals surface area contributed by atoms with Crippen LogP contribution in [0.3, 0.4) is 0 Å². The molecule has 0 saturated carbocycles. The number of fused-ring (bicyclic) bond motifs is 1. The van der Waals surface area contributed by atoms with Gasteiger partial charge in [-0.15, -0.1) is 0 Å². The number of hydrogen-bond donors (Lipinski definition) is 1. The zero-order valence-corrected chi connectivity index (χ0v) is 12.7. The molecule has 0 bridgehead atoms. The van der Waals surface area contributed by atoms with Crippen LogP contribution in [0.1, 0.15) is 43.5 Å². The minimum Gasteiger partial charge on any atom is -0.310 e. The van der Waals surface area contributed by atoms with Crippen LogP contribution in [0.25, 0.3) is 0 Å². The molecule has 1 aliphatic heterocycles. The third-order valence-corrected chi connectivity index (χ3v) is 6.08. The Morgan fingerprint density at radius 1 is 1.28 bits per heavy atom. The predicted molar refractivity (Wildman–Crippen MR) is 77.4 cm³/mol. The van der Waals surface area contributed by atoms with Gasteiger partial charge in [-0.05, 0) is 37.4 Å². The van der Waals surface area contributed by atoms with Crippen molar-refractivity contribution in [3.8, 4) is 0 Å². The normalized spacial score (nSPS) is 31.2. The summed E-state index contributed by atoms with van der Waals surface area (Å²) in [7, 11) is -0.874. The fourth-order valence-corrected chi connectivity index (χ4v) is 4.66. The van der Waals surface area contributed by atoms with E-state index in [2.05, 4.69) is 52.1 Å². The van der Waals surface area contributed by atoms with Gasteiger partial charge in [0.2, 0.25) is 0 Å². The van der Waals surface area contributed by atoms with Gasteiger partial charge in [0.05, 0.1) is 10.8 Å². The maximum absolute atomic E-state index is 12.6. The van der Waals surface area contributed by atoms with Crippen LogP contribution in [-0.4, -0.2) is 16.0 Å². The van der Waals surface area contributed by atoms with E-state index in [1.54, 1.807) is 0 Å². The van der Waals surface area contributed by atoms with E-state index in [9.17, 15) is 4.21 Å². The summed E-state index contributed by atoms with van der Waals surface area (Å²) in [5, 5.41) is 3.77. The Morgan fingerprint density at radius 3 is 2.56 bits per heavy atom. The van der Waals surface area contributed by atoms with E-state index in [-0.39, 0.29) is 5.25 Å². The van der Waals surface area contributed by atoms with E-state index in [0.717, 1.165) is 11.4 Å². The average molecular weight is 265 g/mol. The summed E-state index contributed by atoms with van der Waals surface area (Å²) < 4.78 is 12.6. The van der Waals surface area contributed by atoms with Gasteiger partial charge in [-0.25, -0.2) is 0 Å². The Kier molecular flexibility index (Phi) is 3.93. The van der Waals surface area contributed by atoms with Crippen molar-refractivity contribution in [3.63, 3.8) is 0 Å². The molecule has 0 aromatic heterocycles. The molecular weight excluding hydrogens is 242 g/mol. The first-order valence-corrected chi connectivity index (χ1v) is 7.93. The monoisotopic (exact) mass is 265 g/mol. The molecule has 3 heteroatoms. The Labute approximate surface area is 113 Å². The lowest BCUT2D eigenvalue weighted by molar-refractivity contribution is 0.372. The van der Waals surface area contributed by atoms with Crippen LogP contribution < -0.4 is 5.32 Å². The van der Waals surface area contributed by atoms with E-state index in [0.29, 0.717) is 12.0 Å². The Morgan fingerprint density at radius 2 is 1.94 bits per heavy atom. The molecule has 0 amide bonds. The van der Waals surface area contributed by atoms with E-state index in [1.165, 1.54) is 16.7 Å². The van der Waals surface area contributed by atoms with Crippen molar-refractivity contribution in [3.05, 3.63) is 28.8 Å². The number of hydrogen-bond acceptors (Lipinski definition) is 2. The number of benzene rings is 1. The molecule has 1 heterocycles. The lowest BCUT2D eigenvalue weighted by Crippen LogP contribution is -2.39. The molecule has 0 fully saturated rings. The van der Waals surface area contributed by atoms with Crippen LogP contribution in [0.2, 0.25) is 0 Å². The largest absolute Gasteiger partial charge is 0.310 e. The maximum atomic E-state index is 12.6. The average Bonchev–Trinajstić information content (AvgIpc) is 2.31. The van der Waals surface area contributed by atoms with E-state index >= 15 is 0 Å². The molecule has 0 radical (unpaired) electrons. The van der Waals surface area contributed by atoms with Crippen molar-refractivity contribution >= 4 is 10.8 Å². The minimum absolute atomic E-state index is 0.211. The number of aryl methyl sites for hydroxylation is 2. The van der Waals surface area contributed by atoms with Gasteiger partial charge in [0.15, 0.2) is 0 Å². The molecule has 1 aromatic carbocycles. The third-order valence-electron chi connectivity index (χ3n) is 4.01. The van der Waals surface area contributed by atoms with Crippen molar-refractivity contribution in [1.82, 2.24) is 5.32 Å². The van der Waals surface area contributed by atoms with E-state index < -0.39 is 10.8 Å². The highest BCUT2D eigenvalue weighted by atomic mass is 32.2. The van der Waals surface area contributed by atoms with E-state index in [4.69, 9.17) is 0 Å². The summed E-state index contributed by atoms with van der Waals surface area (Å²) >= 11 is 0. The van der Waals surface area contributed by atoms with Gasteiger partial charge in [-0.3, -0.25) is 4.21 Å². The molecule has 2 rings (SSSR count). The highest BCUT2D eigenvalue weighted by Crippen LogP contribution is 2.40. The summed E-state index contributed by atoms with van der Waals surface area (Å²) in [4.78, 5) is 1.07. The van der Waals surface area contributed by atoms with Crippen molar-refractivity contribution in [1.29, 1.82) is 0 Å². The molecule has 1 aliphatic rings. The molecule has 100 valence electrons. The summed E-state index contributed by atoms with van der Waals surface area (Å²) in [6, 6.07) is 4.68. The van der Waals surface area contributed by atoms with Gasteiger partial charge >= 0.3 is 0 Å². The predicted octanol–water partition coefficient (Wildman–Crippen LogP) is 3.10. The fraction of sp³-hybridized carbons (Fsp3) is 0.600. The van der Waals surface area contributed by atoms with Crippen LogP contribution in [0.5, 0.6) is 0 Å². The molecule has 4 atom stereocenters. The Bertz CT molecular complexity index is 484. The first kappa shape index (κ1) is 13.8. The van der Waals surface area contributed by atoms with Crippen LogP contribution >= 0.6 is 0 Å². The Balaban J connectivity index is 2.61. The van der Waals surface area contributed by atoms with Crippen LogP contribution in [0.4, 0.5) is 0 Å². The Hall–Kier alpha value is -0.670. The first-order valence-electron chi connectivity index (χ1n) is 6.72. The molecule has 18 heavy (non-hydrogen) atoms. The van der Waals surface area contributed by atoms with Gasteiger partial charge in [0.25, 0.3) is 0 Å². The smallest absolute Gasteiger partial charge is 0.0567 e. The van der Waals surface area contributed by atoms with Gasteiger partial charge in [0.1, 0.15) is 0 Å². The molecule has 0 aliphatic carbocycles. The lowest BCUT2D eigenvalue weighted by Gasteiger charge is -2.36. The zero-order chi connectivity index (χ0) is 13.4. The van der Waals surface area contributed by atoms with Gasteiger partial charge in [0, 0.05) is 16.2 Å². The van der Waals surface area contributed by atoms with Crippen molar-refractivity contribution in [2.75, 3.05) is 6.54 Å². The molecule has 0 spiro atoms. The molecular formula is C15H23NOS. The summed E-state index contributed by atoms with van der Waals surface area (Å²) in [6.45, 7) is 11.6. The van der Waals surface area contributed by atoms with Crippen LogP contribution in [-0.2, 0) is 10.8 Å². The van der Waals surface area contributed by atoms with Crippen molar-refractivity contribution in [2.24, 2.45) is 5.92 Å². The van der Waals surface area contributed by atoms with Gasteiger partial charge < -0.3 is 5.32 Å². The molecule has 1 aromatic rings. The topological polar surface area (TPSA) is 29.1 Å². The standard InChI is InChI=1S/C15H23NOS/c1-6-16-14-11(4)12(5)18(17)15-10(3)7-9(2)8-13(14)15/h7-8,11-12,14,16H,6H2,1-5H3. The molecule has 4 unspecified atom stereocenters. The maximum Gasteiger partial charge on any atom is 0.0567 e. The van der Waals surface area contributed by atoms with Crippen LogP contribution in [0.15, 0.2) is 17.0 Å². The molecule has 1 N–H and O–H groups in total. The van der Waals surface area contributed by atoms with Crippen molar-refractivity contribution < 1.29 is 4.21 Å². The second-order valence-electron chi connectivity index (χ2n) is 5.40. The lowest BCUT2D eigenvalue weighted by atomic mass is 9.89. The zero-order valence-electron chi connectivity index (χ0n) is 11.9. The highest BCUT2D eigenvalue weighted by molar-refractivity contribution is 7.85. The van der Waals surface area contributed by atoms with Crippen molar-refractivity contribution in [2.45, 2.75) is 50.8 Å². The van der Waals surface area contributed by atoms with Gasteiger partial charge in [-0.1, -0.05) is 38.5 Å². The van der Waals surface area contributed by atoms with E-state index in [1.807, 2.05) is 0 Å². The number of nitrogens with one attached hydrogen (secondary N) is 1. The molecule has 0 saturated heterocycles. The van der Waals surface area contributed by atoms with Crippen LogP contribution in [0, 0.1) is 19.8 Å². The quantitative estimate of drug-likeness (QED) is 0.890. The van der Waals surface area contributed by atoms with Gasteiger partial charge in [-0.2, -0.15) is 0 Å². The number of rotatable bonds is 2. The summed E-state index contributed by atoms with van der Waals surface area (Å²) in [5.41, 5.74) is 3.68. The second-order valence-corrected chi connectivity index (χ2v) is 7.14. The minimum atomic E-state index is -0.874. The molecule has 2 nitrogen and oxygen atoms in total. The summed E-state index contributed by atoms with van der Waals surface area (Å²) in [5.74, 6) is 0.402. The first-order chi connectivity index (χ1) is 8.47. The highest BCUT2D eigenvalue weighted by Gasteiger charge is 2.36. The third kappa shape index (κ3) is 2.14. The SMILES string of the molecule is CCNC1c2cc(C)cc(C)c2S(=O)C(C)C1C. The second kappa shape index (κ2) is 5.14. The fourth-order valence-electron chi connectivity index (χ4n) is 2.94. The summed E-state index contributed by atoms with van der Waals surface area (Å²) in [6.07, 6.45) is 0.